The van der Waals surface area contributed by atoms with Crippen molar-refractivity contribution in [2.75, 3.05) is 0 Å². The quantitative estimate of drug-likeness (QED) is 0.556. The average molecular weight is 176 g/mol. The Bertz CT molecular complexity index is 296. The number of benzene rings is 1. The van der Waals surface area contributed by atoms with Crippen LogP contribution < -0.4 is 10.4 Å². The van der Waals surface area contributed by atoms with Gasteiger partial charge in [0.2, 0.25) is 0 Å². The van der Waals surface area contributed by atoms with Gasteiger partial charge in [0.05, 0.1) is 26.0 Å². The largest absolute Gasteiger partial charge is 0.478 e. The molecule has 1 aromatic rings. The Labute approximate surface area is 71.1 Å². The van der Waals surface area contributed by atoms with Crippen LogP contribution in [0, 0.1) is 0 Å². The second-order valence-corrected chi connectivity index (χ2v) is 3.07. The summed E-state index contributed by atoms with van der Waals surface area (Å²) in [6, 6.07) is 4.98. The van der Waals surface area contributed by atoms with Crippen molar-refractivity contribution >= 4 is 36.8 Å². The van der Waals surface area contributed by atoms with E-state index in [1.807, 2.05) is 0 Å². The summed E-state index contributed by atoms with van der Waals surface area (Å²) in [5.74, 6) is -0.935. The van der Waals surface area contributed by atoms with E-state index in [9.17, 15) is 4.79 Å². The molecule has 11 heavy (non-hydrogen) atoms. The summed E-state index contributed by atoms with van der Waals surface area (Å²) in [6.45, 7) is 0. The van der Waals surface area contributed by atoms with E-state index in [2.05, 4.69) is 20.5 Å². The van der Waals surface area contributed by atoms with Gasteiger partial charge in [-0.3, -0.25) is 0 Å². The first kappa shape index (κ1) is 8.22. The first-order chi connectivity index (χ1) is 5.13. The molecule has 0 bridgehead atoms. The van der Waals surface area contributed by atoms with Crippen molar-refractivity contribution in [3.05, 3.63) is 23.8 Å². The monoisotopic (exact) mass is 176 g/mol. The Morgan fingerprint density at radius 3 is 2.45 bits per heavy atom. The van der Waals surface area contributed by atoms with Crippen molar-refractivity contribution in [3.63, 3.8) is 0 Å². The van der Waals surface area contributed by atoms with Gasteiger partial charge in [-0.1, -0.05) is 22.5 Å². The lowest BCUT2D eigenvalue weighted by atomic mass is 10.2. The molecule has 1 N–H and O–H groups in total. The summed E-state index contributed by atoms with van der Waals surface area (Å²) < 4.78 is 0. The minimum Gasteiger partial charge on any atom is -0.478 e. The van der Waals surface area contributed by atoms with Gasteiger partial charge in [-0.25, -0.2) is 4.79 Å². The van der Waals surface area contributed by atoms with Gasteiger partial charge in [0.1, 0.15) is 0 Å². The zero-order valence-electron chi connectivity index (χ0n) is 5.59. The van der Waals surface area contributed by atoms with Crippen molar-refractivity contribution in [1.29, 1.82) is 0 Å². The summed E-state index contributed by atoms with van der Waals surface area (Å²) in [6.07, 6.45) is 0. The maximum absolute atomic E-state index is 10.5. The minimum atomic E-state index is -0.935. The van der Waals surface area contributed by atoms with Gasteiger partial charge in [-0.15, -0.1) is 0 Å². The van der Waals surface area contributed by atoms with Gasteiger partial charge in [0.25, 0.3) is 0 Å². The van der Waals surface area contributed by atoms with E-state index in [1.165, 1.54) is 6.07 Å². The average Bonchev–Trinajstić information content (AvgIpc) is 1.94. The van der Waals surface area contributed by atoms with Crippen molar-refractivity contribution in [2.45, 2.75) is 0 Å². The number of hydrogen-bond acceptors (Lipinski definition) is 1. The molecule has 0 aliphatic heterocycles. The van der Waals surface area contributed by atoms with E-state index in [0.29, 0.717) is 5.19 Å². The fourth-order valence-electron chi connectivity index (χ4n) is 0.731. The molecule has 4 heteroatoms. The molecule has 6 radical (unpaired) electrons. The molecule has 0 aromatic heterocycles. The Hall–Kier alpha value is -0.876. The number of carbonyl (C=O) groups is 1. The Kier molecular flexibility index (Phi) is 2.26. The molecule has 0 fully saturated rings. The van der Waals surface area contributed by atoms with Crippen molar-refractivity contribution in [3.8, 4) is 0 Å². The predicted molar refractivity (Wildman–Crippen MR) is 44.2 cm³/mol. The van der Waals surface area contributed by atoms with Gasteiger partial charge < -0.3 is 5.11 Å². The predicted octanol–water partition coefficient (Wildman–Crippen LogP) is -1.03. The summed E-state index contributed by atoms with van der Waals surface area (Å²) in [7, 11) is 6.45. The van der Waals surface area contributed by atoms with Gasteiger partial charge >= 0.3 is 5.97 Å². The highest BCUT2D eigenvalue weighted by atomic mass is 28.2. The number of hydrogen-bond donors (Lipinski definition) is 1. The van der Waals surface area contributed by atoms with Crippen LogP contribution in [-0.4, -0.2) is 31.6 Å². The molecular weight excluding hydrogens is 172 g/mol. The summed E-state index contributed by atoms with van der Waals surface area (Å²) in [4.78, 5) is 10.5. The standard InChI is InChI=1S/C7H4O2Si2/c8-7(9)4-2-1-3-5(10)6(4)11/h1-3H,(H,8,9). The second kappa shape index (κ2) is 3.02. The highest BCUT2D eigenvalue weighted by Crippen LogP contribution is 1.91. The number of rotatable bonds is 1. The van der Waals surface area contributed by atoms with Crippen LogP contribution in [0.3, 0.4) is 0 Å². The van der Waals surface area contributed by atoms with E-state index >= 15 is 0 Å². The van der Waals surface area contributed by atoms with Crippen LogP contribution in [0.25, 0.3) is 0 Å². The molecule has 0 aliphatic rings. The Morgan fingerprint density at radius 1 is 1.36 bits per heavy atom. The molecule has 52 valence electrons. The fraction of sp³-hybridized carbons (Fsp3) is 0. The molecule has 0 atom stereocenters. The molecule has 0 aliphatic carbocycles. The van der Waals surface area contributed by atoms with Crippen molar-refractivity contribution < 1.29 is 9.90 Å². The third kappa shape index (κ3) is 1.58. The molecule has 0 unspecified atom stereocenters. The van der Waals surface area contributed by atoms with E-state index in [0.717, 1.165) is 5.19 Å². The van der Waals surface area contributed by atoms with E-state index in [4.69, 9.17) is 5.11 Å². The molecule has 1 aromatic carbocycles. The maximum Gasteiger partial charge on any atom is 0.335 e. The van der Waals surface area contributed by atoms with E-state index in [1.54, 1.807) is 12.1 Å². The highest BCUT2D eigenvalue weighted by Gasteiger charge is 2.06. The second-order valence-electron chi connectivity index (χ2n) is 2.03. The van der Waals surface area contributed by atoms with Crippen LogP contribution in [0.15, 0.2) is 18.2 Å². The van der Waals surface area contributed by atoms with Gasteiger partial charge in [-0.05, 0) is 6.07 Å². The van der Waals surface area contributed by atoms with Crippen LogP contribution in [0.1, 0.15) is 10.4 Å². The molecule has 0 spiro atoms. The molecule has 0 saturated carbocycles. The van der Waals surface area contributed by atoms with Crippen LogP contribution in [0.4, 0.5) is 0 Å². The van der Waals surface area contributed by atoms with Crippen LogP contribution >= 0.6 is 0 Å². The smallest absolute Gasteiger partial charge is 0.335 e. The third-order valence-corrected chi connectivity index (χ3v) is 2.50. The zero-order valence-corrected chi connectivity index (χ0v) is 7.59. The van der Waals surface area contributed by atoms with Crippen LogP contribution in [0.5, 0.6) is 0 Å². The summed E-state index contributed by atoms with van der Waals surface area (Å²) >= 11 is 0. The maximum atomic E-state index is 10.5. The van der Waals surface area contributed by atoms with Crippen molar-refractivity contribution in [1.82, 2.24) is 0 Å². The number of carboxylic acid groups (broad SMARTS) is 1. The summed E-state index contributed by atoms with van der Waals surface area (Å²) in [5, 5.41) is 9.94. The molecule has 2 nitrogen and oxygen atoms in total. The minimum absolute atomic E-state index is 0.258. The zero-order chi connectivity index (χ0) is 8.43. The first-order valence-corrected chi connectivity index (χ1v) is 3.92. The molecule has 1 rings (SSSR count). The van der Waals surface area contributed by atoms with Crippen LogP contribution in [0.2, 0.25) is 0 Å². The number of carboxylic acids is 1. The third-order valence-electron chi connectivity index (χ3n) is 1.29. The SMILES string of the molecule is O=C(O)c1cccc([Si])c1[Si]. The lowest BCUT2D eigenvalue weighted by Gasteiger charge is -2.02. The normalized spacial score (nSPS) is 9.64. The van der Waals surface area contributed by atoms with Gasteiger partial charge in [-0.2, -0.15) is 0 Å². The van der Waals surface area contributed by atoms with Crippen molar-refractivity contribution in [2.24, 2.45) is 0 Å². The highest BCUT2D eigenvalue weighted by molar-refractivity contribution is 6.50. The van der Waals surface area contributed by atoms with E-state index in [-0.39, 0.29) is 5.56 Å². The Balaban J connectivity index is 3.27. The molecular formula is C7H4O2Si2. The first-order valence-electron chi connectivity index (χ1n) is 2.92. The fourth-order valence-corrected chi connectivity index (χ4v) is 1.24. The van der Waals surface area contributed by atoms with Crippen LogP contribution in [-0.2, 0) is 0 Å². The molecule has 0 amide bonds. The van der Waals surface area contributed by atoms with Gasteiger partial charge in [0, 0.05) is 0 Å². The number of aromatic carboxylic acids is 1. The lowest BCUT2D eigenvalue weighted by Crippen LogP contribution is -2.30. The lowest BCUT2D eigenvalue weighted by molar-refractivity contribution is 0.0698. The molecule has 0 heterocycles. The van der Waals surface area contributed by atoms with E-state index < -0.39 is 5.97 Å². The molecule has 0 saturated heterocycles. The summed E-state index contributed by atoms with van der Waals surface area (Å²) in [5.41, 5.74) is 0.258. The topological polar surface area (TPSA) is 37.3 Å². The Morgan fingerprint density at radius 2 is 2.00 bits per heavy atom. The van der Waals surface area contributed by atoms with Gasteiger partial charge in [0.15, 0.2) is 0 Å².